The summed E-state index contributed by atoms with van der Waals surface area (Å²) in [5.41, 5.74) is 1.16. The lowest BCUT2D eigenvalue weighted by Gasteiger charge is -2.31. The van der Waals surface area contributed by atoms with Crippen molar-refractivity contribution >= 4 is 27.5 Å². The Morgan fingerprint density at radius 2 is 1.67 bits per heavy atom. The summed E-state index contributed by atoms with van der Waals surface area (Å²) >= 11 is 0. The molecule has 0 aliphatic carbocycles. The number of carbonyl (C=O) groups excluding carboxylic acids is 2. The third-order valence-corrected chi connectivity index (χ3v) is 6.79. The maximum absolute atomic E-state index is 13.4. The first-order chi connectivity index (χ1) is 17.0. The van der Waals surface area contributed by atoms with Gasteiger partial charge in [-0.25, -0.2) is 12.8 Å². The van der Waals surface area contributed by atoms with Gasteiger partial charge in [-0.2, -0.15) is 0 Å². The number of nitrogens with one attached hydrogen (secondary N) is 1. The van der Waals surface area contributed by atoms with E-state index in [1.54, 1.807) is 24.1 Å². The van der Waals surface area contributed by atoms with Crippen molar-refractivity contribution in [2.45, 2.75) is 58.7 Å². The third-order valence-electron chi connectivity index (χ3n) is 5.60. The van der Waals surface area contributed by atoms with Crippen LogP contribution in [0.1, 0.15) is 45.6 Å². The average molecular weight is 522 g/mol. The van der Waals surface area contributed by atoms with Crippen LogP contribution in [-0.2, 0) is 26.2 Å². The molecule has 1 atom stereocenters. The van der Waals surface area contributed by atoms with Gasteiger partial charge < -0.3 is 15.0 Å². The van der Waals surface area contributed by atoms with Gasteiger partial charge in [0, 0.05) is 25.6 Å². The molecule has 0 aliphatic rings. The lowest BCUT2D eigenvalue weighted by molar-refractivity contribution is -0.141. The maximum Gasteiger partial charge on any atom is 0.243 e. The predicted molar refractivity (Wildman–Crippen MR) is 139 cm³/mol. The van der Waals surface area contributed by atoms with Gasteiger partial charge in [-0.15, -0.1) is 0 Å². The number of rotatable bonds is 13. The van der Waals surface area contributed by atoms with Crippen molar-refractivity contribution in [3.05, 3.63) is 59.9 Å². The molecule has 8 nitrogen and oxygen atoms in total. The number of carbonyl (C=O) groups is 2. The van der Waals surface area contributed by atoms with Crippen molar-refractivity contribution in [3.63, 3.8) is 0 Å². The van der Waals surface area contributed by atoms with E-state index >= 15 is 0 Å². The van der Waals surface area contributed by atoms with Crippen molar-refractivity contribution in [2.24, 2.45) is 0 Å². The molecule has 2 rings (SSSR count). The number of anilines is 1. The molecule has 0 heterocycles. The maximum atomic E-state index is 13.4. The number of methoxy groups -OCH3 is 1. The Bertz CT molecular complexity index is 1110. The van der Waals surface area contributed by atoms with Crippen LogP contribution in [0.5, 0.6) is 5.75 Å². The van der Waals surface area contributed by atoms with Gasteiger partial charge >= 0.3 is 0 Å². The molecule has 36 heavy (non-hydrogen) atoms. The van der Waals surface area contributed by atoms with E-state index in [4.69, 9.17) is 4.74 Å². The largest absolute Gasteiger partial charge is 0.497 e. The van der Waals surface area contributed by atoms with Crippen molar-refractivity contribution in [1.29, 1.82) is 0 Å². The smallest absolute Gasteiger partial charge is 0.243 e. The Hall–Kier alpha value is -3.14. The summed E-state index contributed by atoms with van der Waals surface area (Å²) in [4.78, 5) is 27.8. The summed E-state index contributed by atoms with van der Waals surface area (Å²) in [6, 6.07) is 11.7. The molecule has 0 fully saturated rings. The second kappa shape index (κ2) is 13.2. The van der Waals surface area contributed by atoms with E-state index in [9.17, 15) is 22.4 Å². The molecule has 0 bridgehead atoms. The highest BCUT2D eigenvalue weighted by Gasteiger charge is 2.29. The fourth-order valence-electron chi connectivity index (χ4n) is 3.84. The Kier molecular flexibility index (Phi) is 10.7. The monoisotopic (exact) mass is 521 g/mol. The van der Waals surface area contributed by atoms with Crippen LogP contribution in [0.2, 0.25) is 0 Å². The minimum atomic E-state index is -3.64. The van der Waals surface area contributed by atoms with E-state index in [-0.39, 0.29) is 43.8 Å². The molecule has 1 N–H and O–H groups in total. The number of hydrogen-bond acceptors (Lipinski definition) is 5. The van der Waals surface area contributed by atoms with Crippen LogP contribution in [0.4, 0.5) is 10.1 Å². The zero-order valence-corrected chi connectivity index (χ0v) is 22.3. The molecule has 2 aromatic rings. The number of nitrogens with zero attached hydrogens (tertiary/aromatic N) is 2. The molecule has 0 spiro atoms. The summed E-state index contributed by atoms with van der Waals surface area (Å²) in [5.74, 6) is -0.285. The van der Waals surface area contributed by atoms with Crippen LogP contribution in [0.3, 0.4) is 0 Å². The summed E-state index contributed by atoms with van der Waals surface area (Å²) in [6.45, 7) is 5.83. The van der Waals surface area contributed by atoms with Crippen LogP contribution in [0.25, 0.3) is 0 Å². The van der Waals surface area contributed by atoms with Crippen LogP contribution in [0.15, 0.2) is 48.5 Å². The number of benzene rings is 2. The Balaban J connectivity index is 2.21. The quantitative estimate of drug-likeness (QED) is 0.434. The van der Waals surface area contributed by atoms with Crippen molar-refractivity contribution in [2.75, 3.05) is 24.2 Å². The highest BCUT2D eigenvalue weighted by molar-refractivity contribution is 7.92. The van der Waals surface area contributed by atoms with Crippen LogP contribution < -0.4 is 14.4 Å². The van der Waals surface area contributed by atoms with Crippen LogP contribution >= 0.6 is 0 Å². The van der Waals surface area contributed by atoms with Crippen molar-refractivity contribution in [3.8, 4) is 5.75 Å². The van der Waals surface area contributed by atoms with E-state index in [0.717, 1.165) is 16.1 Å². The summed E-state index contributed by atoms with van der Waals surface area (Å²) in [5, 5.41) is 2.88. The first-order valence-corrected chi connectivity index (χ1v) is 13.8. The Labute approximate surface area is 213 Å². The molecule has 2 amide bonds. The van der Waals surface area contributed by atoms with Crippen molar-refractivity contribution < 1.29 is 27.1 Å². The molecular weight excluding hydrogens is 485 g/mol. The number of sulfonamides is 1. The zero-order valence-electron chi connectivity index (χ0n) is 21.5. The topological polar surface area (TPSA) is 96.0 Å². The van der Waals surface area contributed by atoms with Gasteiger partial charge in [0.1, 0.15) is 17.6 Å². The van der Waals surface area contributed by atoms with Gasteiger partial charge in [0.15, 0.2) is 0 Å². The Morgan fingerprint density at radius 1 is 1.06 bits per heavy atom. The highest BCUT2D eigenvalue weighted by Crippen LogP contribution is 2.21. The molecule has 0 unspecified atom stereocenters. The highest BCUT2D eigenvalue weighted by atomic mass is 32.2. The molecule has 2 aromatic carbocycles. The zero-order chi connectivity index (χ0) is 26.9. The number of amides is 2. The van der Waals surface area contributed by atoms with E-state index in [1.807, 2.05) is 32.9 Å². The van der Waals surface area contributed by atoms with Gasteiger partial charge in [-0.3, -0.25) is 13.9 Å². The molecule has 0 saturated heterocycles. The first-order valence-electron chi connectivity index (χ1n) is 11.9. The normalized spacial score (nSPS) is 12.2. The van der Waals surface area contributed by atoms with Crippen LogP contribution in [0, 0.1) is 5.82 Å². The minimum absolute atomic E-state index is 0.0365. The van der Waals surface area contributed by atoms with Crippen molar-refractivity contribution in [1.82, 2.24) is 10.2 Å². The van der Waals surface area contributed by atoms with E-state index < -0.39 is 21.9 Å². The van der Waals surface area contributed by atoms with Gasteiger partial charge in [0.25, 0.3) is 0 Å². The molecule has 198 valence electrons. The predicted octanol–water partition coefficient (Wildman–Crippen LogP) is 3.71. The molecule has 0 aliphatic heterocycles. The number of halogens is 1. The fraction of sp³-hybridized carbons (Fsp3) is 0.462. The second-order valence-electron chi connectivity index (χ2n) is 8.87. The summed E-state index contributed by atoms with van der Waals surface area (Å²) in [6.07, 6.45) is 1.75. The van der Waals surface area contributed by atoms with E-state index in [2.05, 4.69) is 5.32 Å². The Morgan fingerprint density at radius 3 is 2.17 bits per heavy atom. The minimum Gasteiger partial charge on any atom is -0.497 e. The standard InChI is InChI=1S/C26H36FN3O5S/c1-6-24(26(32)28-19(2)3)29(18-20-9-15-23(35-4)16-10-20)25(31)8-7-17-30(36(5,33)34)22-13-11-21(27)12-14-22/h9-16,19,24H,6-8,17-18H2,1-5H3,(H,28,32)/t24-/m0/s1. The molecule has 10 heteroatoms. The molecule has 0 saturated carbocycles. The molecular formula is C26H36FN3O5S. The number of hydrogen-bond donors (Lipinski definition) is 1. The average Bonchev–Trinajstić information content (AvgIpc) is 2.81. The van der Waals surface area contributed by atoms with Crippen LogP contribution in [-0.4, -0.2) is 57.1 Å². The first kappa shape index (κ1) is 29.1. The van der Waals surface area contributed by atoms with E-state index in [0.29, 0.717) is 17.9 Å². The number of ether oxygens (including phenoxy) is 1. The molecule has 0 radical (unpaired) electrons. The lowest BCUT2D eigenvalue weighted by Crippen LogP contribution is -2.50. The lowest BCUT2D eigenvalue weighted by atomic mass is 10.1. The fourth-order valence-corrected chi connectivity index (χ4v) is 4.80. The van der Waals surface area contributed by atoms with Gasteiger partial charge in [-0.05, 0) is 68.7 Å². The van der Waals surface area contributed by atoms with Gasteiger partial charge in [0.2, 0.25) is 21.8 Å². The molecule has 0 aromatic heterocycles. The second-order valence-corrected chi connectivity index (χ2v) is 10.8. The summed E-state index contributed by atoms with van der Waals surface area (Å²) < 4.78 is 44.3. The van der Waals surface area contributed by atoms with Gasteiger partial charge in [0.05, 0.1) is 19.1 Å². The van der Waals surface area contributed by atoms with E-state index in [1.165, 1.54) is 24.3 Å². The SMILES string of the molecule is CC[C@@H](C(=O)NC(C)C)N(Cc1ccc(OC)cc1)C(=O)CCCN(c1ccc(F)cc1)S(C)(=O)=O. The summed E-state index contributed by atoms with van der Waals surface area (Å²) in [7, 11) is -2.07. The van der Waals surface area contributed by atoms with Gasteiger partial charge in [-0.1, -0.05) is 19.1 Å². The third kappa shape index (κ3) is 8.51.